The lowest BCUT2D eigenvalue weighted by molar-refractivity contribution is -0.363. The highest BCUT2D eigenvalue weighted by molar-refractivity contribution is 5.89. The van der Waals surface area contributed by atoms with Gasteiger partial charge in [0, 0.05) is 30.6 Å². The van der Waals surface area contributed by atoms with Gasteiger partial charge in [-0.1, -0.05) is 44.9 Å². The van der Waals surface area contributed by atoms with Gasteiger partial charge in [0.05, 0.1) is 37.4 Å². The van der Waals surface area contributed by atoms with Crippen molar-refractivity contribution in [1.29, 1.82) is 0 Å². The molecule has 5 rings (SSSR count). The van der Waals surface area contributed by atoms with Gasteiger partial charge < -0.3 is 44.1 Å². The monoisotopic (exact) mass is 716 g/mol. The van der Waals surface area contributed by atoms with Crippen molar-refractivity contribution in [3.05, 3.63) is 47.0 Å². The van der Waals surface area contributed by atoms with Crippen molar-refractivity contribution in [3.63, 3.8) is 0 Å². The Kier molecular flexibility index (Phi) is 11.9. The number of carbonyl (C=O) groups is 3. The highest BCUT2D eigenvalue weighted by Gasteiger charge is 2.78. The van der Waals surface area contributed by atoms with E-state index in [0.717, 1.165) is 7.11 Å². The first-order chi connectivity index (χ1) is 24.5. The van der Waals surface area contributed by atoms with Crippen molar-refractivity contribution in [2.45, 2.75) is 102 Å². The molecule has 0 spiro atoms. The van der Waals surface area contributed by atoms with E-state index in [9.17, 15) is 34.8 Å². The second-order valence-electron chi connectivity index (χ2n) is 14.0. The second-order valence-corrected chi connectivity index (χ2v) is 14.0. The summed E-state index contributed by atoms with van der Waals surface area (Å²) >= 11 is 0. The standard InChI is InChI=1S/C31H40O12.C9H4/c1-15-18(33)13-31(38)25(42-26(36)17-10-8-7-9-11-17)23-29(5,24(35)22(41-16(2)32)21(15)28(31,3)4)19(34)12-20-30(23,14-40-20)43-27(37)39-6;1-3-5-7-9-8-6-4-2/h7-11,18-20,22-25,33-35,38H,12-14H2,1-6H3;1H,2H3/t18-,19-,20+,22+,23?,24?,25-,29+,30-,31+;/m0./s1. The van der Waals surface area contributed by atoms with Crippen molar-refractivity contribution >= 4 is 18.1 Å². The third-order valence-corrected chi connectivity index (χ3v) is 11.0. The number of fused-ring (bicyclic) bond motifs is 5. The minimum atomic E-state index is -2.11. The Morgan fingerprint density at radius 3 is 2.17 bits per heavy atom. The number of methoxy groups -OCH3 is 1. The normalized spacial score (nSPS) is 34.8. The summed E-state index contributed by atoms with van der Waals surface area (Å²) < 4.78 is 28.5. The van der Waals surface area contributed by atoms with Gasteiger partial charge in [-0.3, -0.25) is 4.79 Å². The summed E-state index contributed by atoms with van der Waals surface area (Å²) in [5, 5.41) is 48.3. The van der Waals surface area contributed by atoms with E-state index in [1.165, 1.54) is 26.0 Å². The Labute approximate surface area is 303 Å². The summed E-state index contributed by atoms with van der Waals surface area (Å²) in [6.45, 7) is 9.08. The van der Waals surface area contributed by atoms with E-state index in [1.807, 2.05) is 0 Å². The molecule has 0 aromatic heterocycles. The number of esters is 2. The van der Waals surface area contributed by atoms with Gasteiger partial charge in [0.15, 0.2) is 11.7 Å². The van der Waals surface area contributed by atoms with Crippen molar-refractivity contribution in [1.82, 2.24) is 0 Å². The number of terminal acetylenes is 1. The zero-order chi connectivity index (χ0) is 38.6. The van der Waals surface area contributed by atoms with Crippen LogP contribution in [0.15, 0.2) is 41.5 Å². The summed E-state index contributed by atoms with van der Waals surface area (Å²) in [7, 11) is 1.12. The zero-order valence-corrected chi connectivity index (χ0v) is 30.2. The van der Waals surface area contributed by atoms with Crippen LogP contribution in [0.2, 0.25) is 0 Å². The van der Waals surface area contributed by atoms with Crippen LogP contribution in [-0.4, -0.2) is 100 Å². The summed E-state index contributed by atoms with van der Waals surface area (Å²) in [6, 6.07) is 8.06. The molecule has 0 radical (unpaired) electrons. The molecule has 276 valence electrons. The number of aliphatic hydroxyl groups is 4. The molecule has 1 aromatic carbocycles. The Hall–Kier alpha value is -4.79. The molecule has 12 heteroatoms. The molecule has 1 aliphatic heterocycles. The fraction of sp³-hybridized carbons (Fsp3) is 0.525. The third kappa shape index (κ3) is 6.77. The number of benzene rings is 1. The highest BCUT2D eigenvalue weighted by atomic mass is 16.8. The van der Waals surface area contributed by atoms with Crippen LogP contribution in [-0.2, 0) is 28.5 Å². The number of rotatable bonds is 4. The molecule has 10 atom stereocenters. The van der Waals surface area contributed by atoms with Crippen LogP contribution in [0, 0.1) is 64.6 Å². The minimum absolute atomic E-state index is 0.102. The molecule has 4 N–H and O–H groups in total. The minimum Gasteiger partial charge on any atom is -0.455 e. The lowest BCUT2D eigenvalue weighted by Crippen LogP contribution is -2.82. The topological polar surface area (TPSA) is 178 Å². The van der Waals surface area contributed by atoms with Gasteiger partial charge in [0.25, 0.3) is 0 Å². The van der Waals surface area contributed by atoms with Crippen LogP contribution in [0.1, 0.15) is 64.7 Å². The lowest BCUT2D eigenvalue weighted by atomic mass is 9.44. The van der Waals surface area contributed by atoms with Gasteiger partial charge in [0.2, 0.25) is 0 Å². The van der Waals surface area contributed by atoms with Crippen LogP contribution in [0.3, 0.4) is 0 Å². The maximum Gasteiger partial charge on any atom is 0.508 e. The number of carbonyl (C=O) groups excluding carboxylic acids is 3. The van der Waals surface area contributed by atoms with Crippen molar-refractivity contribution in [2.24, 2.45) is 16.7 Å². The Balaban J connectivity index is 0.000000595. The van der Waals surface area contributed by atoms with E-state index < -0.39 is 82.7 Å². The Morgan fingerprint density at radius 1 is 0.981 bits per heavy atom. The Morgan fingerprint density at radius 2 is 1.62 bits per heavy atom. The first-order valence-electron chi connectivity index (χ1n) is 16.6. The molecule has 2 unspecified atom stereocenters. The summed E-state index contributed by atoms with van der Waals surface area (Å²) in [5.74, 6) is 14.1. The molecule has 2 saturated carbocycles. The smallest absolute Gasteiger partial charge is 0.455 e. The fourth-order valence-corrected chi connectivity index (χ4v) is 8.27. The molecule has 4 aliphatic rings. The van der Waals surface area contributed by atoms with E-state index in [0.29, 0.717) is 5.57 Å². The summed E-state index contributed by atoms with van der Waals surface area (Å²) in [6.07, 6.45) is -5.01. The van der Waals surface area contributed by atoms with Gasteiger partial charge in [0.1, 0.15) is 23.9 Å². The molecule has 2 bridgehead atoms. The van der Waals surface area contributed by atoms with Crippen LogP contribution in [0.5, 0.6) is 0 Å². The maximum absolute atomic E-state index is 13.7. The van der Waals surface area contributed by atoms with Gasteiger partial charge in [-0.05, 0) is 72.6 Å². The van der Waals surface area contributed by atoms with Gasteiger partial charge in [-0.2, -0.15) is 0 Å². The molecule has 12 nitrogen and oxygen atoms in total. The first-order valence-corrected chi connectivity index (χ1v) is 16.6. The van der Waals surface area contributed by atoms with Crippen molar-refractivity contribution in [2.75, 3.05) is 13.7 Å². The number of aliphatic hydroxyl groups excluding tert-OH is 3. The predicted octanol–water partition coefficient (Wildman–Crippen LogP) is 2.31. The average Bonchev–Trinajstić information content (AvgIpc) is 3.10. The first kappa shape index (κ1) is 40.0. The number of hydrogen-bond acceptors (Lipinski definition) is 12. The molecule has 3 aliphatic carbocycles. The van der Waals surface area contributed by atoms with E-state index in [-0.39, 0.29) is 30.6 Å². The van der Waals surface area contributed by atoms with E-state index in [2.05, 4.69) is 41.4 Å². The quantitative estimate of drug-likeness (QED) is 0.155. The molecule has 1 saturated heterocycles. The van der Waals surface area contributed by atoms with E-state index >= 15 is 0 Å². The van der Waals surface area contributed by atoms with E-state index in [1.54, 1.807) is 45.9 Å². The number of hydrogen-bond donors (Lipinski definition) is 4. The predicted molar refractivity (Wildman–Crippen MR) is 185 cm³/mol. The average molecular weight is 717 g/mol. The van der Waals surface area contributed by atoms with E-state index in [4.69, 9.17) is 30.1 Å². The van der Waals surface area contributed by atoms with Crippen LogP contribution in [0.25, 0.3) is 0 Å². The van der Waals surface area contributed by atoms with Crippen molar-refractivity contribution in [3.8, 4) is 47.9 Å². The maximum atomic E-state index is 13.7. The Bertz CT molecular complexity index is 1830. The van der Waals surface area contributed by atoms with Gasteiger partial charge in [-0.25, -0.2) is 9.59 Å². The summed E-state index contributed by atoms with van der Waals surface area (Å²) in [4.78, 5) is 38.9. The largest absolute Gasteiger partial charge is 0.508 e. The molecule has 52 heavy (non-hydrogen) atoms. The molecule has 1 heterocycles. The van der Waals surface area contributed by atoms with Gasteiger partial charge in [-0.15, -0.1) is 6.42 Å². The van der Waals surface area contributed by atoms with Crippen LogP contribution in [0.4, 0.5) is 4.79 Å². The highest BCUT2D eigenvalue weighted by Crippen LogP contribution is 2.65. The number of ether oxygens (including phenoxy) is 5. The summed E-state index contributed by atoms with van der Waals surface area (Å²) in [5.41, 5.74) is -6.15. The third-order valence-electron chi connectivity index (χ3n) is 11.0. The SMILES string of the molecule is C#CC#CC#CC#CC.COC(=O)O[C@@]12CO[C@@H]1C[C@H](O)[C@@]1(C)C(O)[C@H](OC(C)=O)C3=C(C)[C@@H](O)C[C@@](O)([C@@H](OC(=O)c4ccccc4)C12)C3(C)C. The molecule has 1 aromatic rings. The second kappa shape index (κ2) is 15.4. The molecular formula is C40H44O12. The lowest BCUT2D eigenvalue weighted by Gasteiger charge is -2.68. The van der Waals surface area contributed by atoms with Gasteiger partial charge >= 0.3 is 18.1 Å². The molecule has 0 amide bonds. The zero-order valence-electron chi connectivity index (χ0n) is 30.2. The van der Waals surface area contributed by atoms with Crippen LogP contribution >= 0.6 is 0 Å². The van der Waals surface area contributed by atoms with Crippen molar-refractivity contribution < 1.29 is 58.5 Å². The fourth-order valence-electron chi connectivity index (χ4n) is 8.27. The molecule has 3 fully saturated rings. The molecular weight excluding hydrogens is 672 g/mol. The van der Waals surface area contributed by atoms with Crippen LogP contribution < -0.4 is 0 Å².